The van der Waals surface area contributed by atoms with Crippen molar-refractivity contribution in [2.75, 3.05) is 25.0 Å². The molecule has 2 amide bonds. The molecule has 1 fully saturated rings. The van der Waals surface area contributed by atoms with E-state index in [1.54, 1.807) is 35.7 Å². The van der Waals surface area contributed by atoms with Crippen LogP contribution in [0.25, 0.3) is 0 Å². The lowest BCUT2D eigenvalue weighted by Crippen LogP contribution is -2.48. The summed E-state index contributed by atoms with van der Waals surface area (Å²) < 4.78 is 0. The molecule has 0 saturated carbocycles. The molecular formula is C16H17Cl2N3O2S. The van der Waals surface area contributed by atoms with E-state index in [0.717, 1.165) is 13.1 Å². The monoisotopic (exact) mass is 385 g/mol. The van der Waals surface area contributed by atoms with Crippen LogP contribution in [0.3, 0.4) is 0 Å². The number of rotatable bonds is 5. The van der Waals surface area contributed by atoms with E-state index in [1.165, 1.54) is 11.3 Å². The van der Waals surface area contributed by atoms with E-state index >= 15 is 0 Å². The van der Waals surface area contributed by atoms with Crippen molar-refractivity contribution >= 4 is 52.2 Å². The normalized spacial score (nSPS) is 13.5. The Morgan fingerprint density at radius 2 is 1.92 bits per heavy atom. The van der Waals surface area contributed by atoms with Crippen LogP contribution in [-0.4, -0.2) is 31.4 Å². The Labute approximate surface area is 155 Å². The van der Waals surface area contributed by atoms with E-state index in [2.05, 4.69) is 16.0 Å². The molecular weight excluding hydrogens is 369 g/mol. The molecule has 0 aliphatic carbocycles. The summed E-state index contributed by atoms with van der Waals surface area (Å²) in [6, 6.07) is 8.52. The average molecular weight is 386 g/mol. The molecule has 0 atom stereocenters. The number of hydrogen-bond donors (Lipinski definition) is 3. The molecule has 1 aliphatic rings. The van der Waals surface area contributed by atoms with Crippen LogP contribution in [0.15, 0.2) is 35.7 Å². The molecule has 0 bridgehead atoms. The predicted octanol–water partition coefficient (Wildman–Crippen LogP) is 3.02. The second-order valence-corrected chi connectivity index (χ2v) is 6.65. The van der Waals surface area contributed by atoms with Crippen molar-refractivity contribution in [1.29, 1.82) is 0 Å². The van der Waals surface area contributed by atoms with E-state index in [0.29, 0.717) is 33.6 Å². The second kappa shape index (κ2) is 8.48. The van der Waals surface area contributed by atoms with Crippen LogP contribution in [0, 0.1) is 5.92 Å². The van der Waals surface area contributed by atoms with Gasteiger partial charge in [0.1, 0.15) is 5.00 Å². The van der Waals surface area contributed by atoms with Gasteiger partial charge in [-0.1, -0.05) is 23.7 Å². The third-order valence-corrected chi connectivity index (χ3v) is 4.83. The molecule has 1 aliphatic heterocycles. The lowest BCUT2D eigenvalue weighted by atomic mass is 10.0. The van der Waals surface area contributed by atoms with Gasteiger partial charge in [-0.2, -0.15) is 0 Å². The minimum absolute atomic E-state index is 0. The Kier molecular flexibility index (Phi) is 6.62. The quantitative estimate of drug-likeness (QED) is 0.740. The van der Waals surface area contributed by atoms with E-state index in [1.807, 2.05) is 0 Å². The minimum Gasteiger partial charge on any atom is -0.352 e. The number of halogens is 2. The highest BCUT2D eigenvalue weighted by Crippen LogP contribution is 2.25. The fourth-order valence-electron chi connectivity index (χ4n) is 2.23. The summed E-state index contributed by atoms with van der Waals surface area (Å²) in [6.45, 7) is 2.50. The zero-order valence-corrected chi connectivity index (χ0v) is 15.1. The summed E-state index contributed by atoms with van der Waals surface area (Å²) in [5.41, 5.74) is 0.858. The Hall–Kier alpha value is -1.60. The number of benzene rings is 1. The van der Waals surface area contributed by atoms with Crippen LogP contribution < -0.4 is 16.0 Å². The number of hydrogen-bond acceptors (Lipinski definition) is 4. The summed E-state index contributed by atoms with van der Waals surface area (Å²) in [5, 5.41) is 11.5. The van der Waals surface area contributed by atoms with Gasteiger partial charge in [-0.05, 0) is 23.6 Å². The van der Waals surface area contributed by atoms with Gasteiger partial charge >= 0.3 is 0 Å². The number of anilines is 1. The molecule has 1 saturated heterocycles. The van der Waals surface area contributed by atoms with Gasteiger partial charge in [0.15, 0.2) is 0 Å². The number of carbonyl (C=O) groups excluding carboxylic acids is 2. The van der Waals surface area contributed by atoms with Crippen molar-refractivity contribution in [1.82, 2.24) is 10.6 Å². The fourth-order valence-corrected chi connectivity index (χ4v) is 3.23. The van der Waals surface area contributed by atoms with Gasteiger partial charge in [0, 0.05) is 25.6 Å². The number of amides is 2. The molecule has 3 N–H and O–H groups in total. The third-order valence-electron chi connectivity index (χ3n) is 3.67. The Bertz CT molecular complexity index is 732. The van der Waals surface area contributed by atoms with Crippen LogP contribution in [0.1, 0.15) is 20.7 Å². The standard InChI is InChI=1S/C16H16ClN3O2S.ClH/c17-13-4-2-1-3-11(13)15(22)20-16-12(5-6-23-16)14(21)19-9-10-7-18-8-10;/h1-6,10,18H,7-9H2,(H,19,21)(H,20,22);1H. The Morgan fingerprint density at radius 3 is 2.58 bits per heavy atom. The molecule has 0 unspecified atom stereocenters. The molecule has 2 aromatic rings. The first-order valence-electron chi connectivity index (χ1n) is 7.27. The number of carbonyl (C=O) groups is 2. The Morgan fingerprint density at radius 1 is 1.17 bits per heavy atom. The van der Waals surface area contributed by atoms with E-state index < -0.39 is 0 Å². The first-order valence-corrected chi connectivity index (χ1v) is 8.53. The Balaban J connectivity index is 0.00000208. The summed E-state index contributed by atoms with van der Waals surface area (Å²) >= 11 is 7.34. The molecule has 2 heterocycles. The highest BCUT2D eigenvalue weighted by atomic mass is 35.5. The molecule has 1 aromatic carbocycles. The summed E-state index contributed by atoms with van der Waals surface area (Å²) in [6.07, 6.45) is 0. The summed E-state index contributed by atoms with van der Waals surface area (Å²) in [5.74, 6) is -0.0124. The molecule has 8 heteroatoms. The topological polar surface area (TPSA) is 70.2 Å². The highest BCUT2D eigenvalue weighted by Gasteiger charge is 2.20. The van der Waals surface area contributed by atoms with Crippen LogP contribution >= 0.6 is 35.3 Å². The van der Waals surface area contributed by atoms with Gasteiger partial charge < -0.3 is 16.0 Å². The summed E-state index contributed by atoms with van der Waals surface area (Å²) in [4.78, 5) is 24.6. The predicted molar refractivity (Wildman–Crippen MR) is 99.7 cm³/mol. The van der Waals surface area contributed by atoms with Crippen molar-refractivity contribution in [3.63, 3.8) is 0 Å². The first-order chi connectivity index (χ1) is 11.1. The van der Waals surface area contributed by atoms with Gasteiger partial charge in [-0.15, -0.1) is 23.7 Å². The fraction of sp³-hybridized carbons (Fsp3) is 0.250. The molecule has 0 spiro atoms. The number of thiophene rings is 1. The zero-order chi connectivity index (χ0) is 16.2. The third kappa shape index (κ3) is 4.27. The van der Waals surface area contributed by atoms with E-state index in [-0.39, 0.29) is 24.2 Å². The molecule has 1 aromatic heterocycles. The molecule has 5 nitrogen and oxygen atoms in total. The summed E-state index contributed by atoms with van der Waals surface area (Å²) in [7, 11) is 0. The lowest BCUT2D eigenvalue weighted by molar-refractivity contribution is 0.0943. The maximum Gasteiger partial charge on any atom is 0.257 e. The largest absolute Gasteiger partial charge is 0.352 e. The van der Waals surface area contributed by atoms with Crippen LogP contribution in [0.4, 0.5) is 5.00 Å². The van der Waals surface area contributed by atoms with Crippen molar-refractivity contribution in [2.45, 2.75) is 0 Å². The molecule has 3 rings (SSSR count). The molecule has 24 heavy (non-hydrogen) atoms. The average Bonchev–Trinajstić information content (AvgIpc) is 2.94. The SMILES string of the molecule is Cl.O=C(Nc1sccc1C(=O)NCC1CNC1)c1ccccc1Cl. The smallest absolute Gasteiger partial charge is 0.257 e. The zero-order valence-electron chi connectivity index (χ0n) is 12.7. The van der Waals surface area contributed by atoms with Crippen LogP contribution in [0.5, 0.6) is 0 Å². The first kappa shape index (κ1) is 18.7. The van der Waals surface area contributed by atoms with Gasteiger partial charge in [-0.3, -0.25) is 9.59 Å². The van der Waals surface area contributed by atoms with Crippen molar-refractivity contribution in [3.8, 4) is 0 Å². The lowest BCUT2D eigenvalue weighted by Gasteiger charge is -2.27. The second-order valence-electron chi connectivity index (χ2n) is 5.33. The minimum atomic E-state index is -0.324. The van der Waals surface area contributed by atoms with Gasteiger partial charge in [0.05, 0.1) is 16.1 Å². The number of nitrogens with one attached hydrogen (secondary N) is 3. The van der Waals surface area contributed by atoms with Crippen LogP contribution in [0.2, 0.25) is 5.02 Å². The van der Waals surface area contributed by atoms with Crippen molar-refractivity contribution in [2.24, 2.45) is 5.92 Å². The van der Waals surface area contributed by atoms with Crippen molar-refractivity contribution in [3.05, 3.63) is 51.9 Å². The van der Waals surface area contributed by atoms with E-state index in [4.69, 9.17) is 11.6 Å². The van der Waals surface area contributed by atoms with Gasteiger partial charge in [0.25, 0.3) is 11.8 Å². The van der Waals surface area contributed by atoms with Gasteiger partial charge in [-0.25, -0.2) is 0 Å². The molecule has 0 radical (unpaired) electrons. The van der Waals surface area contributed by atoms with Crippen LogP contribution in [-0.2, 0) is 0 Å². The van der Waals surface area contributed by atoms with Crippen molar-refractivity contribution < 1.29 is 9.59 Å². The highest BCUT2D eigenvalue weighted by molar-refractivity contribution is 7.14. The maximum atomic E-state index is 12.3. The van der Waals surface area contributed by atoms with Gasteiger partial charge in [0.2, 0.25) is 0 Å². The molecule has 128 valence electrons. The maximum absolute atomic E-state index is 12.3. The van der Waals surface area contributed by atoms with E-state index in [9.17, 15) is 9.59 Å².